The summed E-state index contributed by atoms with van der Waals surface area (Å²) in [6.45, 7) is 7.57. The molecule has 2 aromatic rings. The minimum Gasteiger partial charge on any atom is -0.481 e. The van der Waals surface area contributed by atoms with E-state index in [-0.39, 0.29) is 24.3 Å². The highest BCUT2D eigenvalue weighted by molar-refractivity contribution is 7.18. The van der Waals surface area contributed by atoms with Gasteiger partial charge in [-0.3, -0.25) is 14.4 Å². The van der Waals surface area contributed by atoms with Crippen molar-refractivity contribution >= 4 is 33.4 Å². The van der Waals surface area contributed by atoms with Crippen molar-refractivity contribution in [1.82, 2.24) is 15.3 Å². The monoisotopic (exact) mass is 379 g/mol. The van der Waals surface area contributed by atoms with Gasteiger partial charge in [0.2, 0.25) is 5.91 Å². The van der Waals surface area contributed by atoms with Crippen molar-refractivity contribution in [2.24, 2.45) is 0 Å². The summed E-state index contributed by atoms with van der Waals surface area (Å²) in [6.07, 6.45) is 1.40. The fourth-order valence-corrected chi connectivity index (χ4v) is 4.07. The van der Waals surface area contributed by atoms with Crippen molar-refractivity contribution in [1.29, 1.82) is 0 Å². The third-order valence-corrected chi connectivity index (χ3v) is 6.03. The summed E-state index contributed by atoms with van der Waals surface area (Å²) in [5, 5.41) is 12.6. The average molecular weight is 379 g/mol. The highest BCUT2D eigenvalue weighted by Crippen LogP contribution is 2.26. The molecule has 2 aromatic heterocycles. The molecule has 0 aromatic carbocycles. The number of aryl methyl sites for hydroxylation is 3. The zero-order chi connectivity index (χ0) is 19.5. The van der Waals surface area contributed by atoms with Crippen molar-refractivity contribution in [3.63, 3.8) is 0 Å². The molecule has 0 aliphatic heterocycles. The molecule has 2 heterocycles. The summed E-state index contributed by atoms with van der Waals surface area (Å²) >= 11 is 1.47. The molecule has 0 fully saturated rings. The Labute approximate surface area is 155 Å². The summed E-state index contributed by atoms with van der Waals surface area (Å²) in [5.41, 5.74) is 0.0114. The fraction of sp³-hybridized carbons (Fsp3) is 0.556. The van der Waals surface area contributed by atoms with Gasteiger partial charge in [0.1, 0.15) is 10.7 Å². The summed E-state index contributed by atoms with van der Waals surface area (Å²) in [6, 6.07) is 0. The van der Waals surface area contributed by atoms with Crippen molar-refractivity contribution in [3.05, 3.63) is 26.6 Å². The number of aromatic amines is 1. The van der Waals surface area contributed by atoms with Gasteiger partial charge in [-0.05, 0) is 32.3 Å². The molecule has 7 nitrogen and oxygen atoms in total. The van der Waals surface area contributed by atoms with Crippen LogP contribution in [0.2, 0.25) is 0 Å². The number of nitrogens with one attached hydrogen (secondary N) is 2. The van der Waals surface area contributed by atoms with Crippen LogP contribution in [0.5, 0.6) is 0 Å². The normalized spacial score (nSPS) is 11.7. The first kappa shape index (κ1) is 20.1. The van der Waals surface area contributed by atoms with E-state index in [1.165, 1.54) is 11.3 Å². The molecule has 26 heavy (non-hydrogen) atoms. The summed E-state index contributed by atoms with van der Waals surface area (Å²) in [7, 11) is 0. The fourth-order valence-electron chi connectivity index (χ4n) is 3.02. The lowest BCUT2D eigenvalue weighted by molar-refractivity contribution is -0.139. The Hall–Kier alpha value is -2.22. The first-order valence-corrected chi connectivity index (χ1v) is 9.54. The van der Waals surface area contributed by atoms with Crippen LogP contribution in [-0.2, 0) is 16.0 Å². The SMILES string of the molecule is CCC(CC)(CC(=O)O)NC(=O)CCc1nc2sc(C)c(C)c2c(=O)[nH]1. The summed E-state index contributed by atoms with van der Waals surface area (Å²) in [4.78, 5) is 44.6. The Morgan fingerprint density at radius 3 is 2.50 bits per heavy atom. The Kier molecular flexibility index (Phi) is 6.17. The van der Waals surface area contributed by atoms with Gasteiger partial charge in [-0.25, -0.2) is 4.98 Å². The van der Waals surface area contributed by atoms with Gasteiger partial charge in [-0.1, -0.05) is 13.8 Å². The zero-order valence-electron chi connectivity index (χ0n) is 15.6. The number of H-pyrrole nitrogens is 1. The van der Waals surface area contributed by atoms with Gasteiger partial charge < -0.3 is 15.4 Å². The van der Waals surface area contributed by atoms with Crippen molar-refractivity contribution in [2.75, 3.05) is 0 Å². The third kappa shape index (κ3) is 4.30. The molecule has 0 aliphatic rings. The number of thiophene rings is 1. The average Bonchev–Trinajstić information content (AvgIpc) is 2.86. The van der Waals surface area contributed by atoms with Crippen LogP contribution in [0.4, 0.5) is 0 Å². The quantitative estimate of drug-likeness (QED) is 0.653. The Morgan fingerprint density at radius 2 is 1.92 bits per heavy atom. The van der Waals surface area contributed by atoms with Gasteiger partial charge in [0.25, 0.3) is 5.56 Å². The molecular weight excluding hydrogens is 354 g/mol. The van der Waals surface area contributed by atoms with Crippen LogP contribution in [0, 0.1) is 13.8 Å². The van der Waals surface area contributed by atoms with Crippen LogP contribution in [0.15, 0.2) is 4.79 Å². The van der Waals surface area contributed by atoms with E-state index < -0.39 is 11.5 Å². The van der Waals surface area contributed by atoms with Crippen LogP contribution >= 0.6 is 11.3 Å². The number of carbonyl (C=O) groups is 2. The number of amides is 1. The van der Waals surface area contributed by atoms with Crippen LogP contribution in [-0.4, -0.2) is 32.5 Å². The van der Waals surface area contributed by atoms with E-state index in [2.05, 4.69) is 15.3 Å². The number of carboxylic acid groups (broad SMARTS) is 1. The van der Waals surface area contributed by atoms with Gasteiger partial charge in [0.05, 0.1) is 11.8 Å². The molecule has 0 aliphatic carbocycles. The molecule has 0 radical (unpaired) electrons. The van der Waals surface area contributed by atoms with Crippen molar-refractivity contribution < 1.29 is 14.7 Å². The predicted molar refractivity (Wildman–Crippen MR) is 102 cm³/mol. The summed E-state index contributed by atoms with van der Waals surface area (Å²) < 4.78 is 0. The molecule has 3 N–H and O–H groups in total. The lowest BCUT2D eigenvalue weighted by atomic mass is 9.88. The molecule has 0 unspecified atom stereocenters. The third-order valence-electron chi connectivity index (χ3n) is 4.92. The number of hydrogen-bond donors (Lipinski definition) is 3. The molecule has 0 bridgehead atoms. The molecule has 1 amide bonds. The second-order valence-corrected chi connectivity index (χ2v) is 7.79. The molecule has 2 rings (SSSR count). The second-order valence-electron chi connectivity index (χ2n) is 6.58. The zero-order valence-corrected chi connectivity index (χ0v) is 16.4. The van der Waals surface area contributed by atoms with E-state index >= 15 is 0 Å². The first-order valence-electron chi connectivity index (χ1n) is 8.73. The van der Waals surface area contributed by atoms with Gasteiger partial charge >= 0.3 is 5.97 Å². The van der Waals surface area contributed by atoms with E-state index in [0.29, 0.717) is 35.3 Å². The topological polar surface area (TPSA) is 112 Å². The van der Waals surface area contributed by atoms with Crippen LogP contribution < -0.4 is 10.9 Å². The molecule has 8 heteroatoms. The maximum atomic E-state index is 12.3. The molecular formula is C18H25N3O4S. The van der Waals surface area contributed by atoms with E-state index in [1.807, 2.05) is 27.7 Å². The van der Waals surface area contributed by atoms with Gasteiger partial charge in [0, 0.05) is 23.3 Å². The summed E-state index contributed by atoms with van der Waals surface area (Å²) in [5.74, 6) is -0.708. The minimum atomic E-state index is -0.936. The van der Waals surface area contributed by atoms with Crippen molar-refractivity contribution in [2.45, 2.75) is 65.3 Å². The number of nitrogens with zero attached hydrogens (tertiary/aromatic N) is 1. The molecule has 0 atom stereocenters. The number of hydrogen-bond acceptors (Lipinski definition) is 5. The van der Waals surface area contributed by atoms with E-state index in [0.717, 1.165) is 10.4 Å². The number of rotatable bonds is 8. The lowest BCUT2D eigenvalue weighted by Gasteiger charge is -2.31. The molecule has 0 saturated heterocycles. The number of aromatic nitrogens is 2. The van der Waals surface area contributed by atoms with Gasteiger partial charge in [-0.2, -0.15) is 0 Å². The van der Waals surface area contributed by atoms with Crippen molar-refractivity contribution in [3.8, 4) is 0 Å². The maximum Gasteiger partial charge on any atom is 0.305 e. The number of fused-ring (bicyclic) bond motifs is 1. The largest absolute Gasteiger partial charge is 0.481 e. The number of carbonyl (C=O) groups excluding carboxylic acids is 1. The highest BCUT2D eigenvalue weighted by Gasteiger charge is 2.30. The molecule has 142 valence electrons. The Morgan fingerprint density at radius 1 is 1.27 bits per heavy atom. The van der Waals surface area contributed by atoms with Gasteiger partial charge in [0.15, 0.2) is 0 Å². The van der Waals surface area contributed by atoms with Crippen LogP contribution in [0.1, 0.15) is 55.8 Å². The van der Waals surface area contributed by atoms with Gasteiger partial charge in [-0.15, -0.1) is 11.3 Å². The number of aliphatic carboxylic acids is 1. The molecule has 0 saturated carbocycles. The number of carboxylic acids is 1. The predicted octanol–water partition coefficient (Wildman–Crippen LogP) is 2.68. The van der Waals surface area contributed by atoms with Crippen LogP contribution in [0.3, 0.4) is 0 Å². The first-order chi connectivity index (χ1) is 12.2. The molecule has 0 spiro atoms. The van der Waals surface area contributed by atoms with E-state index in [4.69, 9.17) is 5.11 Å². The smallest absolute Gasteiger partial charge is 0.305 e. The van der Waals surface area contributed by atoms with E-state index in [9.17, 15) is 14.4 Å². The van der Waals surface area contributed by atoms with E-state index in [1.54, 1.807) is 0 Å². The lowest BCUT2D eigenvalue weighted by Crippen LogP contribution is -2.49. The minimum absolute atomic E-state index is 0.111. The Bertz CT molecular complexity index is 880. The Balaban J connectivity index is 2.10. The maximum absolute atomic E-state index is 12.3. The highest BCUT2D eigenvalue weighted by atomic mass is 32.1. The standard InChI is InChI=1S/C18H25N3O4S/c1-5-18(6-2,9-14(23)24)21-13(22)8-7-12-19-16(25)15-10(3)11(4)26-17(15)20-12/h5-9H2,1-4H3,(H,21,22)(H,23,24)(H,19,20,25). The second kappa shape index (κ2) is 7.99. The van der Waals surface area contributed by atoms with Crippen LogP contribution in [0.25, 0.3) is 10.2 Å².